The number of benzene rings is 2. The normalized spacial score (nSPS) is 17.1. The van der Waals surface area contributed by atoms with Crippen molar-refractivity contribution in [3.8, 4) is 5.75 Å². The molecule has 7 heteroatoms. The van der Waals surface area contributed by atoms with E-state index in [9.17, 15) is 9.59 Å². The average molecular weight is 398 g/mol. The fraction of sp³-hybridized carbons (Fsp3) is 0.286. The molecule has 0 bridgehead atoms. The number of amidine groups is 1. The van der Waals surface area contributed by atoms with Gasteiger partial charge in [-0.05, 0) is 50.2 Å². The summed E-state index contributed by atoms with van der Waals surface area (Å²) in [5.74, 6) is 0.278. The Bertz CT molecular complexity index is 853. The van der Waals surface area contributed by atoms with Crippen LogP contribution >= 0.6 is 11.8 Å². The van der Waals surface area contributed by atoms with Crippen LogP contribution < -0.4 is 15.0 Å². The maximum Gasteiger partial charge on any atom is 0.247 e. The van der Waals surface area contributed by atoms with E-state index in [1.54, 1.807) is 24.3 Å². The molecule has 0 aromatic heterocycles. The van der Waals surface area contributed by atoms with Crippen LogP contribution in [0.4, 0.5) is 11.4 Å². The number of hydrogen-bond acceptors (Lipinski definition) is 5. The van der Waals surface area contributed by atoms with Gasteiger partial charge < -0.3 is 10.1 Å². The quantitative estimate of drug-likeness (QED) is 0.454. The molecule has 1 atom stereocenters. The van der Waals surface area contributed by atoms with Crippen LogP contribution in [0.3, 0.4) is 0 Å². The lowest BCUT2D eigenvalue weighted by molar-refractivity contribution is -0.121. The van der Waals surface area contributed by atoms with Crippen LogP contribution in [-0.2, 0) is 9.59 Å². The Labute approximate surface area is 169 Å². The van der Waals surface area contributed by atoms with Gasteiger partial charge in [-0.25, -0.2) is 4.90 Å². The molecule has 146 valence electrons. The second kappa shape index (κ2) is 9.41. The van der Waals surface area contributed by atoms with Gasteiger partial charge in [-0.1, -0.05) is 30.0 Å². The van der Waals surface area contributed by atoms with E-state index in [2.05, 4.69) is 10.3 Å². The van der Waals surface area contributed by atoms with E-state index in [1.807, 2.05) is 44.2 Å². The summed E-state index contributed by atoms with van der Waals surface area (Å²) in [5, 5.41) is 3.37. The highest BCUT2D eigenvalue weighted by Gasteiger charge is 2.40. The SMILES string of the molecule is CCN=C(Nc1ccccc1)S[C@H]1CC(=O)N(c2ccc(OCC)cc2)C1=O. The third-order valence-electron chi connectivity index (χ3n) is 4.09. The number of rotatable bonds is 6. The number of anilines is 2. The predicted octanol–water partition coefficient (Wildman–Crippen LogP) is 3.94. The zero-order valence-corrected chi connectivity index (χ0v) is 16.7. The molecule has 0 radical (unpaired) electrons. The van der Waals surface area contributed by atoms with Crippen LogP contribution in [0.25, 0.3) is 0 Å². The summed E-state index contributed by atoms with van der Waals surface area (Å²) < 4.78 is 5.42. The molecule has 0 saturated carbocycles. The van der Waals surface area contributed by atoms with Gasteiger partial charge in [-0.2, -0.15) is 0 Å². The van der Waals surface area contributed by atoms with Crippen LogP contribution in [0, 0.1) is 0 Å². The van der Waals surface area contributed by atoms with E-state index < -0.39 is 5.25 Å². The molecule has 2 aromatic carbocycles. The van der Waals surface area contributed by atoms with Crippen LogP contribution in [0.2, 0.25) is 0 Å². The first-order valence-electron chi connectivity index (χ1n) is 9.25. The van der Waals surface area contributed by atoms with Crippen LogP contribution in [0.1, 0.15) is 20.3 Å². The van der Waals surface area contributed by atoms with Gasteiger partial charge >= 0.3 is 0 Å². The molecule has 1 saturated heterocycles. The number of hydrogen-bond donors (Lipinski definition) is 1. The van der Waals surface area contributed by atoms with Gasteiger partial charge in [0.15, 0.2) is 5.17 Å². The highest BCUT2D eigenvalue weighted by molar-refractivity contribution is 8.15. The maximum absolute atomic E-state index is 12.9. The minimum atomic E-state index is -0.499. The molecule has 1 fully saturated rings. The molecule has 6 nitrogen and oxygen atoms in total. The number of carbonyl (C=O) groups excluding carboxylic acids is 2. The molecule has 0 aliphatic carbocycles. The monoisotopic (exact) mass is 397 g/mol. The molecule has 2 amide bonds. The fourth-order valence-electron chi connectivity index (χ4n) is 2.86. The van der Waals surface area contributed by atoms with E-state index in [-0.39, 0.29) is 18.2 Å². The molecule has 1 aliphatic heterocycles. The zero-order valence-electron chi connectivity index (χ0n) is 15.9. The first-order valence-corrected chi connectivity index (χ1v) is 10.1. The van der Waals surface area contributed by atoms with Crippen molar-refractivity contribution in [1.29, 1.82) is 0 Å². The van der Waals surface area contributed by atoms with Crippen molar-refractivity contribution in [2.45, 2.75) is 25.5 Å². The van der Waals surface area contributed by atoms with Crippen LogP contribution in [0.15, 0.2) is 59.6 Å². The van der Waals surface area contributed by atoms with Gasteiger partial charge in [0.25, 0.3) is 0 Å². The minimum Gasteiger partial charge on any atom is -0.494 e. The second-order valence-electron chi connectivity index (χ2n) is 6.08. The second-order valence-corrected chi connectivity index (χ2v) is 7.27. The van der Waals surface area contributed by atoms with E-state index >= 15 is 0 Å². The number of ether oxygens (including phenoxy) is 1. The van der Waals surface area contributed by atoms with Gasteiger partial charge in [0.1, 0.15) is 11.0 Å². The maximum atomic E-state index is 12.9. The number of nitrogens with zero attached hydrogens (tertiary/aromatic N) is 2. The fourth-order valence-corrected chi connectivity index (χ4v) is 3.94. The average Bonchev–Trinajstić information content (AvgIpc) is 2.97. The van der Waals surface area contributed by atoms with Crippen LogP contribution in [0.5, 0.6) is 5.75 Å². The topological polar surface area (TPSA) is 71.0 Å². The Balaban J connectivity index is 1.72. The number of carbonyl (C=O) groups is 2. The number of nitrogens with one attached hydrogen (secondary N) is 1. The van der Waals surface area contributed by atoms with Gasteiger partial charge in [-0.15, -0.1) is 0 Å². The lowest BCUT2D eigenvalue weighted by atomic mass is 10.3. The van der Waals surface area contributed by atoms with Gasteiger partial charge in [0.2, 0.25) is 11.8 Å². The number of imide groups is 1. The summed E-state index contributed by atoms with van der Waals surface area (Å²) in [7, 11) is 0. The van der Waals surface area contributed by atoms with E-state index in [1.165, 1.54) is 16.7 Å². The zero-order chi connectivity index (χ0) is 19.9. The number of amides is 2. The van der Waals surface area contributed by atoms with E-state index in [0.717, 1.165) is 5.69 Å². The van der Waals surface area contributed by atoms with Crippen molar-refractivity contribution >= 4 is 40.1 Å². The Morgan fingerprint density at radius 1 is 1.14 bits per heavy atom. The lowest BCUT2D eigenvalue weighted by Gasteiger charge is -2.16. The Hall–Kier alpha value is -2.80. The van der Waals surface area contributed by atoms with Gasteiger partial charge in [0, 0.05) is 18.7 Å². The van der Waals surface area contributed by atoms with Crippen molar-refractivity contribution in [2.24, 2.45) is 4.99 Å². The smallest absolute Gasteiger partial charge is 0.247 e. The first-order chi connectivity index (χ1) is 13.6. The molecule has 1 heterocycles. The summed E-state index contributed by atoms with van der Waals surface area (Å²) in [6.07, 6.45) is 0.149. The first kappa shape index (κ1) is 19.9. The van der Waals surface area contributed by atoms with Crippen molar-refractivity contribution in [3.05, 3.63) is 54.6 Å². The van der Waals surface area contributed by atoms with Gasteiger partial charge in [0.05, 0.1) is 12.3 Å². The number of para-hydroxylation sites is 1. The highest BCUT2D eigenvalue weighted by Crippen LogP contribution is 2.31. The Morgan fingerprint density at radius 2 is 1.86 bits per heavy atom. The summed E-state index contributed by atoms with van der Waals surface area (Å²) >= 11 is 1.30. The number of aliphatic imine (C=N–C) groups is 1. The summed E-state index contributed by atoms with van der Waals surface area (Å²) in [6, 6.07) is 16.6. The number of thioether (sulfide) groups is 1. The Kier molecular flexibility index (Phi) is 6.71. The predicted molar refractivity (Wildman–Crippen MR) is 114 cm³/mol. The molecular formula is C21H23N3O3S. The molecule has 1 N–H and O–H groups in total. The van der Waals surface area contributed by atoms with E-state index in [4.69, 9.17) is 4.74 Å². The lowest BCUT2D eigenvalue weighted by Crippen LogP contribution is -2.31. The van der Waals surface area contributed by atoms with Crippen molar-refractivity contribution < 1.29 is 14.3 Å². The minimum absolute atomic E-state index is 0.149. The van der Waals surface area contributed by atoms with Crippen molar-refractivity contribution in [2.75, 3.05) is 23.4 Å². The molecule has 0 spiro atoms. The van der Waals surface area contributed by atoms with Gasteiger partial charge in [-0.3, -0.25) is 14.6 Å². The summed E-state index contributed by atoms with van der Waals surface area (Å²) in [6.45, 7) is 4.98. The van der Waals surface area contributed by atoms with E-state index in [0.29, 0.717) is 29.8 Å². The van der Waals surface area contributed by atoms with Crippen molar-refractivity contribution in [3.63, 3.8) is 0 Å². The Morgan fingerprint density at radius 3 is 2.50 bits per heavy atom. The summed E-state index contributed by atoms with van der Waals surface area (Å²) in [5.41, 5.74) is 1.45. The summed E-state index contributed by atoms with van der Waals surface area (Å²) in [4.78, 5) is 31.1. The third-order valence-corrected chi connectivity index (χ3v) is 5.20. The molecule has 3 rings (SSSR count). The largest absolute Gasteiger partial charge is 0.494 e. The third kappa shape index (κ3) is 4.72. The highest BCUT2D eigenvalue weighted by atomic mass is 32.2. The molecule has 0 unspecified atom stereocenters. The van der Waals surface area contributed by atoms with Crippen molar-refractivity contribution in [1.82, 2.24) is 0 Å². The standard InChI is InChI=1S/C21H23N3O3S/c1-3-22-21(23-15-8-6-5-7-9-15)28-18-14-19(25)24(20(18)26)16-10-12-17(13-11-16)27-4-2/h5-13,18H,3-4,14H2,1-2H3,(H,22,23)/t18-/m0/s1. The molecule has 2 aromatic rings. The molecule has 1 aliphatic rings. The molecule has 28 heavy (non-hydrogen) atoms. The molecular weight excluding hydrogens is 374 g/mol. The van der Waals surface area contributed by atoms with Crippen LogP contribution in [-0.4, -0.2) is 35.4 Å².